The van der Waals surface area contributed by atoms with Crippen molar-refractivity contribution in [1.82, 2.24) is 4.90 Å². The molecule has 1 heterocycles. The van der Waals surface area contributed by atoms with Crippen LogP contribution in [0, 0.1) is 0 Å². The first-order valence-corrected chi connectivity index (χ1v) is 7.85. The van der Waals surface area contributed by atoms with Crippen molar-refractivity contribution in [2.75, 3.05) is 18.8 Å². The Morgan fingerprint density at radius 3 is 2.55 bits per heavy atom. The van der Waals surface area contributed by atoms with E-state index in [1.807, 2.05) is 32.9 Å². The normalized spacial score (nSPS) is 15.6. The minimum Gasteiger partial charge on any atom is -0.444 e. The Labute approximate surface area is 136 Å². The van der Waals surface area contributed by atoms with Gasteiger partial charge in [0.05, 0.1) is 10.7 Å². The van der Waals surface area contributed by atoms with Crippen LogP contribution in [0.1, 0.15) is 39.2 Å². The first kappa shape index (κ1) is 16.7. The molecule has 1 amide bonds. The van der Waals surface area contributed by atoms with Gasteiger partial charge in [-0.05, 0) is 45.2 Å². The van der Waals surface area contributed by atoms with Gasteiger partial charge in [0.1, 0.15) is 5.60 Å². The number of hydrogen-bond donors (Lipinski definition) is 1. The van der Waals surface area contributed by atoms with Gasteiger partial charge < -0.3 is 15.4 Å². The molecule has 0 bridgehead atoms. The number of likely N-dealkylation sites (tertiary alicyclic amines) is 1. The van der Waals surface area contributed by atoms with Gasteiger partial charge in [-0.25, -0.2) is 4.79 Å². The number of anilines is 1. The van der Waals surface area contributed by atoms with Gasteiger partial charge in [-0.2, -0.15) is 0 Å². The van der Waals surface area contributed by atoms with E-state index in [-0.39, 0.29) is 6.09 Å². The summed E-state index contributed by atoms with van der Waals surface area (Å²) in [6.07, 6.45) is 3.48. The van der Waals surface area contributed by atoms with Crippen LogP contribution in [-0.2, 0) is 4.74 Å². The first-order valence-electron chi connectivity index (χ1n) is 7.47. The van der Waals surface area contributed by atoms with E-state index >= 15 is 0 Å². The van der Waals surface area contributed by atoms with Crippen LogP contribution in [0.2, 0.25) is 5.02 Å². The van der Waals surface area contributed by atoms with E-state index in [2.05, 4.69) is 6.08 Å². The molecule has 4 nitrogen and oxygen atoms in total. The number of amides is 1. The smallest absolute Gasteiger partial charge is 0.410 e. The van der Waals surface area contributed by atoms with Crippen molar-refractivity contribution in [3.8, 4) is 0 Å². The van der Waals surface area contributed by atoms with Crippen molar-refractivity contribution in [2.24, 2.45) is 0 Å². The van der Waals surface area contributed by atoms with Gasteiger partial charge >= 0.3 is 6.09 Å². The maximum atomic E-state index is 12.0. The molecule has 0 atom stereocenters. The number of nitrogens with zero attached hydrogens (tertiary/aromatic N) is 1. The number of nitrogens with two attached hydrogens (primary N) is 1. The monoisotopic (exact) mass is 322 g/mol. The van der Waals surface area contributed by atoms with Crippen LogP contribution in [0.4, 0.5) is 10.5 Å². The molecule has 0 spiro atoms. The van der Waals surface area contributed by atoms with Crippen LogP contribution in [-0.4, -0.2) is 29.7 Å². The average Bonchev–Trinajstić information content (AvgIpc) is 2.43. The fourth-order valence-corrected chi connectivity index (χ4v) is 2.53. The standard InChI is InChI=1S/C17H23ClN2O2/c1-17(2,3)22-16(21)20-9-7-12(8-10-20)11-13-5-4-6-14(19)15(13)18/h4-6,11H,7-10,19H2,1-3H3. The molecular weight excluding hydrogens is 300 g/mol. The topological polar surface area (TPSA) is 55.6 Å². The van der Waals surface area contributed by atoms with Gasteiger partial charge in [0, 0.05) is 13.1 Å². The Kier molecular flexibility index (Phi) is 5.01. The molecule has 1 aromatic carbocycles. The molecule has 1 aliphatic heterocycles. The van der Waals surface area contributed by atoms with Crippen molar-refractivity contribution < 1.29 is 9.53 Å². The Hall–Kier alpha value is -1.68. The van der Waals surface area contributed by atoms with Gasteiger partial charge in [0.25, 0.3) is 0 Å². The number of benzene rings is 1. The Morgan fingerprint density at radius 1 is 1.32 bits per heavy atom. The maximum absolute atomic E-state index is 12.0. The van der Waals surface area contributed by atoms with Gasteiger partial charge in [-0.1, -0.05) is 35.4 Å². The quantitative estimate of drug-likeness (QED) is 0.783. The number of ether oxygens (including phenoxy) is 1. The highest BCUT2D eigenvalue weighted by Gasteiger charge is 2.24. The number of halogens is 1. The van der Waals surface area contributed by atoms with E-state index in [0.29, 0.717) is 23.8 Å². The minimum atomic E-state index is -0.456. The van der Waals surface area contributed by atoms with Gasteiger partial charge in [0.2, 0.25) is 0 Å². The number of piperidine rings is 1. The molecule has 0 unspecified atom stereocenters. The molecule has 1 saturated heterocycles. The lowest BCUT2D eigenvalue weighted by molar-refractivity contribution is 0.0237. The van der Waals surface area contributed by atoms with Crippen LogP contribution in [0.3, 0.4) is 0 Å². The van der Waals surface area contributed by atoms with Crippen LogP contribution in [0.15, 0.2) is 23.8 Å². The van der Waals surface area contributed by atoms with E-state index < -0.39 is 5.60 Å². The second-order valence-electron chi connectivity index (χ2n) is 6.52. The number of rotatable bonds is 1. The zero-order valence-electron chi connectivity index (χ0n) is 13.4. The molecule has 2 N–H and O–H groups in total. The summed E-state index contributed by atoms with van der Waals surface area (Å²) >= 11 is 6.21. The molecule has 1 aliphatic rings. The van der Waals surface area contributed by atoms with Crippen molar-refractivity contribution in [3.05, 3.63) is 34.4 Å². The van der Waals surface area contributed by atoms with Gasteiger partial charge in [0.15, 0.2) is 0 Å². The van der Waals surface area contributed by atoms with Crippen molar-refractivity contribution in [3.63, 3.8) is 0 Å². The third kappa shape index (κ3) is 4.41. The van der Waals surface area contributed by atoms with E-state index in [0.717, 1.165) is 18.4 Å². The molecule has 120 valence electrons. The molecule has 0 aliphatic carbocycles. The Bertz CT molecular complexity index is 581. The van der Waals surface area contributed by atoms with Crippen LogP contribution >= 0.6 is 11.6 Å². The number of carbonyl (C=O) groups is 1. The molecule has 1 fully saturated rings. The van der Waals surface area contributed by atoms with Crippen LogP contribution in [0.5, 0.6) is 0 Å². The predicted octanol–water partition coefficient (Wildman–Crippen LogP) is 4.34. The van der Waals surface area contributed by atoms with Crippen molar-refractivity contribution in [1.29, 1.82) is 0 Å². The summed E-state index contributed by atoms with van der Waals surface area (Å²) < 4.78 is 5.40. The summed E-state index contributed by atoms with van der Waals surface area (Å²) in [5.41, 5.74) is 8.15. The SMILES string of the molecule is CC(C)(C)OC(=O)N1CCC(=Cc2cccc(N)c2Cl)CC1. The molecule has 0 saturated carbocycles. The summed E-state index contributed by atoms with van der Waals surface area (Å²) in [6.45, 7) is 6.97. The second-order valence-corrected chi connectivity index (χ2v) is 6.90. The lowest BCUT2D eigenvalue weighted by Crippen LogP contribution is -2.40. The highest BCUT2D eigenvalue weighted by Crippen LogP contribution is 2.28. The zero-order valence-corrected chi connectivity index (χ0v) is 14.1. The molecular formula is C17H23ClN2O2. The summed E-state index contributed by atoms with van der Waals surface area (Å²) in [5, 5.41) is 0.588. The number of hydrogen-bond acceptors (Lipinski definition) is 3. The lowest BCUT2D eigenvalue weighted by atomic mass is 10.0. The number of carbonyl (C=O) groups excluding carboxylic acids is 1. The van der Waals surface area contributed by atoms with Crippen molar-refractivity contribution >= 4 is 29.5 Å². The first-order chi connectivity index (χ1) is 10.3. The molecule has 1 aromatic rings. The maximum Gasteiger partial charge on any atom is 0.410 e. The van der Waals surface area contributed by atoms with Crippen LogP contribution in [0.25, 0.3) is 6.08 Å². The average molecular weight is 323 g/mol. The molecule has 22 heavy (non-hydrogen) atoms. The fraction of sp³-hybridized carbons (Fsp3) is 0.471. The van der Waals surface area contributed by atoms with E-state index in [1.54, 1.807) is 11.0 Å². The zero-order chi connectivity index (χ0) is 16.3. The number of nitrogen functional groups attached to an aromatic ring is 1. The summed E-state index contributed by atoms with van der Waals surface area (Å²) in [5.74, 6) is 0. The minimum absolute atomic E-state index is 0.242. The highest BCUT2D eigenvalue weighted by atomic mass is 35.5. The summed E-state index contributed by atoms with van der Waals surface area (Å²) in [4.78, 5) is 13.8. The van der Waals surface area contributed by atoms with Crippen LogP contribution < -0.4 is 5.73 Å². The largest absolute Gasteiger partial charge is 0.444 e. The second kappa shape index (κ2) is 6.61. The fourth-order valence-electron chi connectivity index (χ4n) is 2.35. The molecule has 5 heteroatoms. The van der Waals surface area contributed by atoms with Gasteiger partial charge in [-0.15, -0.1) is 0 Å². The Balaban J connectivity index is 1.99. The van der Waals surface area contributed by atoms with Crippen molar-refractivity contribution in [2.45, 2.75) is 39.2 Å². The Morgan fingerprint density at radius 2 is 1.95 bits per heavy atom. The molecule has 0 aromatic heterocycles. The lowest BCUT2D eigenvalue weighted by Gasteiger charge is -2.31. The van der Waals surface area contributed by atoms with E-state index in [1.165, 1.54) is 5.57 Å². The highest BCUT2D eigenvalue weighted by molar-refractivity contribution is 6.34. The van der Waals surface area contributed by atoms with E-state index in [9.17, 15) is 4.79 Å². The summed E-state index contributed by atoms with van der Waals surface area (Å²) in [6, 6.07) is 5.63. The summed E-state index contributed by atoms with van der Waals surface area (Å²) in [7, 11) is 0. The van der Waals surface area contributed by atoms with E-state index in [4.69, 9.17) is 22.1 Å². The molecule has 0 radical (unpaired) electrons. The van der Waals surface area contributed by atoms with Gasteiger partial charge in [-0.3, -0.25) is 0 Å². The molecule has 2 rings (SSSR count). The predicted molar refractivity (Wildman–Crippen MR) is 90.9 cm³/mol. The third-order valence-corrected chi connectivity index (χ3v) is 3.91. The third-order valence-electron chi connectivity index (χ3n) is 3.48.